The minimum atomic E-state index is 0.110. The van der Waals surface area contributed by atoms with Gasteiger partial charge in [0.15, 0.2) is 0 Å². The number of rotatable bonds is 4. The zero-order chi connectivity index (χ0) is 9.31. The van der Waals surface area contributed by atoms with Crippen LogP contribution in [0.5, 0.6) is 0 Å². The van der Waals surface area contributed by atoms with Gasteiger partial charge in [-0.2, -0.15) is 0 Å². The molecule has 0 aromatic carbocycles. The average molecular weight is 180 g/mol. The zero-order valence-electron chi connectivity index (χ0n) is 7.99. The van der Waals surface area contributed by atoms with Crippen molar-refractivity contribution in [2.24, 2.45) is 5.73 Å². The van der Waals surface area contributed by atoms with E-state index >= 15 is 0 Å². The molecule has 13 heavy (non-hydrogen) atoms. The second-order valence-electron chi connectivity index (χ2n) is 4.17. The number of hydrogen-bond acceptors (Lipinski definition) is 3. The Morgan fingerprint density at radius 2 is 2.38 bits per heavy atom. The number of nitrogens with zero attached hydrogens (tertiary/aromatic N) is 1. The minimum absolute atomic E-state index is 0.110. The Morgan fingerprint density at radius 3 is 2.92 bits per heavy atom. The number of furan rings is 1. The first-order valence-electron chi connectivity index (χ1n) is 4.66. The molecule has 1 fully saturated rings. The molecule has 72 valence electrons. The number of hydrogen-bond donors (Lipinski definition) is 1. The van der Waals surface area contributed by atoms with Crippen molar-refractivity contribution < 1.29 is 4.42 Å². The lowest BCUT2D eigenvalue weighted by Crippen LogP contribution is -2.36. The summed E-state index contributed by atoms with van der Waals surface area (Å²) < 4.78 is 5.00. The minimum Gasteiger partial charge on any atom is -0.472 e. The highest BCUT2D eigenvalue weighted by molar-refractivity contribution is 5.06. The highest BCUT2D eigenvalue weighted by atomic mass is 16.3. The van der Waals surface area contributed by atoms with E-state index in [0.29, 0.717) is 0 Å². The summed E-state index contributed by atoms with van der Waals surface area (Å²) in [6.07, 6.45) is 5.83. The van der Waals surface area contributed by atoms with Gasteiger partial charge in [0.25, 0.3) is 0 Å². The van der Waals surface area contributed by atoms with Crippen molar-refractivity contribution in [3.8, 4) is 0 Å². The Morgan fingerprint density at radius 1 is 1.62 bits per heavy atom. The highest BCUT2D eigenvalue weighted by Crippen LogP contribution is 2.32. The van der Waals surface area contributed by atoms with Crippen LogP contribution in [0.15, 0.2) is 23.0 Å². The molecular formula is C10H16N2O. The quantitative estimate of drug-likeness (QED) is 0.757. The summed E-state index contributed by atoms with van der Waals surface area (Å²) in [5.41, 5.74) is 7.34. The molecule has 1 heterocycles. The summed E-state index contributed by atoms with van der Waals surface area (Å²) in [5, 5.41) is 0. The van der Waals surface area contributed by atoms with Crippen LogP contribution in [0.2, 0.25) is 0 Å². The van der Waals surface area contributed by atoms with E-state index in [-0.39, 0.29) is 5.54 Å². The summed E-state index contributed by atoms with van der Waals surface area (Å²) in [6, 6.07) is 1.99. The Kier molecular flexibility index (Phi) is 2.14. The third-order valence-corrected chi connectivity index (χ3v) is 2.51. The van der Waals surface area contributed by atoms with Gasteiger partial charge >= 0.3 is 0 Å². The average Bonchev–Trinajstić information content (AvgIpc) is 2.61. The van der Waals surface area contributed by atoms with Gasteiger partial charge in [-0.05, 0) is 26.0 Å². The predicted molar refractivity (Wildman–Crippen MR) is 51.2 cm³/mol. The maximum Gasteiger partial charge on any atom is 0.0947 e. The lowest BCUT2D eigenvalue weighted by molar-refractivity contribution is 0.295. The molecule has 0 amide bonds. The van der Waals surface area contributed by atoms with Crippen LogP contribution in [0, 0.1) is 0 Å². The molecule has 0 unspecified atom stereocenters. The van der Waals surface area contributed by atoms with E-state index in [0.717, 1.165) is 13.1 Å². The van der Waals surface area contributed by atoms with Crippen LogP contribution in [0.1, 0.15) is 18.4 Å². The lowest BCUT2D eigenvalue weighted by Gasteiger charge is -2.19. The molecular weight excluding hydrogens is 164 g/mol. The first-order valence-corrected chi connectivity index (χ1v) is 4.66. The molecule has 0 bridgehead atoms. The summed E-state index contributed by atoms with van der Waals surface area (Å²) in [6.45, 7) is 1.91. The fourth-order valence-electron chi connectivity index (χ4n) is 1.61. The van der Waals surface area contributed by atoms with E-state index in [9.17, 15) is 0 Å². The summed E-state index contributed by atoms with van der Waals surface area (Å²) in [4.78, 5) is 2.25. The van der Waals surface area contributed by atoms with Crippen LogP contribution in [0.4, 0.5) is 0 Å². The topological polar surface area (TPSA) is 42.4 Å². The van der Waals surface area contributed by atoms with E-state index in [1.165, 1.54) is 18.4 Å². The van der Waals surface area contributed by atoms with Crippen molar-refractivity contribution in [2.75, 3.05) is 13.6 Å². The first-order chi connectivity index (χ1) is 6.18. The molecule has 1 saturated carbocycles. The molecule has 0 saturated heterocycles. The van der Waals surface area contributed by atoms with Crippen LogP contribution >= 0.6 is 0 Å². The SMILES string of the molecule is CN(Cc1ccoc1)CC1(N)CC1. The Bertz CT molecular complexity index is 264. The third-order valence-electron chi connectivity index (χ3n) is 2.51. The largest absolute Gasteiger partial charge is 0.472 e. The van der Waals surface area contributed by atoms with Crippen molar-refractivity contribution in [3.63, 3.8) is 0 Å². The van der Waals surface area contributed by atoms with Crippen LogP contribution in [-0.2, 0) is 6.54 Å². The van der Waals surface area contributed by atoms with Crippen LogP contribution in [0.25, 0.3) is 0 Å². The van der Waals surface area contributed by atoms with E-state index in [1.54, 1.807) is 12.5 Å². The van der Waals surface area contributed by atoms with E-state index in [1.807, 2.05) is 6.07 Å². The third kappa shape index (κ3) is 2.32. The molecule has 2 N–H and O–H groups in total. The smallest absolute Gasteiger partial charge is 0.0947 e. The van der Waals surface area contributed by atoms with E-state index in [4.69, 9.17) is 10.2 Å². The molecule has 0 aliphatic heterocycles. The summed E-state index contributed by atoms with van der Waals surface area (Å²) in [7, 11) is 2.10. The lowest BCUT2D eigenvalue weighted by atomic mass is 10.2. The Labute approximate surface area is 78.5 Å². The molecule has 0 radical (unpaired) electrons. The molecule has 3 nitrogen and oxygen atoms in total. The van der Waals surface area contributed by atoms with Gasteiger partial charge in [-0.1, -0.05) is 0 Å². The van der Waals surface area contributed by atoms with Crippen molar-refractivity contribution in [3.05, 3.63) is 24.2 Å². The zero-order valence-corrected chi connectivity index (χ0v) is 7.99. The highest BCUT2D eigenvalue weighted by Gasteiger charge is 2.38. The molecule has 2 rings (SSSR count). The molecule has 1 aliphatic rings. The molecule has 0 atom stereocenters. The van der Waals surface area contributed by atoms with E-state index < -0.39 is 0 Å². The maximum absolute atomic E-state index is 6.01. The predicted octanol–water partition coefficient (Wildman–Crippen LogP) is 1.20. The first kappa shape index (κ1) is 8.78. The van der Waals surface area contributed by atoms with Crippen molar-refractivity contribution >= 4 is 0 Å². The van der Waals surface area contributed by atoms with Crippen LogP contribution in [-0.4, -0.2) is 24.0 Å². The summed E-state index contributed by atoms with van der Waals surface area (Å²) >= 11 is 0. The maximum atomic E-state index is 6.01. The molecule has 1 aromatic heterocycles. The molecule has 1 aliphatic carbocycles. The van der Waals surface area contributed by atoms with Crippen molar-refractivity contribution in [1.82, 2.24) is 4.90 Å². The standard InChI is InChI=1S/C10H16N2O/c1-12(8-10(11)3-4-10)6-9-2-5-13-7-9/h2,5,7H,3-4,6,8,11H2,1H3. The van der Waals surface area contributed by atoms with Gasteiger partial charge in [0.1, 0.15) is 0 Å². The monoisotopic (exact) mass is 180 g/mol. The normalized spacial score (nSPS) is 19.3. The van der Waals surface area contributed by atoms with Crippen LogP contribution in [0.3, 0.4) is 0 Å². The van der Waals surface area contributed by atoms with Gasteiger partial charge in [-0.3, -0.25) is 0 Å². The Hall–Kier alpha value is -0.800. The molecule has 3 heteroatoms. The number of nitrogens with two attached hydrogens (primary N) is 1. The van der Waals surface area contributed by atoms with Gasteiger partial charge in [0.2, 0.25) is 0 Å². The second kappa shape index (κ2) is 3.16. The van der Waals surface area contributed by atoms with Crippen LogP contribution < -0.4 is 5.73 Å². The molecule has 0 spiro atoms. The van der Waals surface area contributed by atoms with Crippen molar-refractivity contribution in [1.29, 1.82) is 0 Å². The van der Waals surface area contributed by atoms with E-state index in [2.05, 4.69) is 11.9 Å². The van der Waals surface area contributed by atoms with Gasteiger partial charge < -0.3 is 15.1 Å². The van der Waals surface area contributed by atoms with Gasteiger partial charge in [0, 0.05) is 24.2 Å². The second-order valence-corrected chi connectivity index (χ2v) is 4.17. The van der Waals surface area contributed by atoms with Gasteiger partial charge in [0.05, 0.1) is 12.5 Å². The molecule has 1 aromatic rings. The van der Waals surface area contributed by atoms with Gasteiger partial charge in [-0.25, -0.2) is 0 Å². The Balaban J connectivity index is 1.81. The van der Waals surface area contributed by atoms with Gasteiger partial charge in [-0.15, -0.1) is 0 Å². The fourth-order valence-corrected chi connectivity index (χ4v) is 1.61. The summed E-state index contributed by atoms with van der Waals surface area (Å²) in [5.74, 6) is 0. The van der Waals surface area contributed by atoms with Crippen molar-refractivity contribution in [2.45, 2.75) is 24.9 Å². The number of likely N-dealkylation sites (N-methyl/N-ethyl adjacent to an activating group) is 1. The fraction of sp³-hybridized carbons (Fsp3) is 0.600.